The highest BCUT2D eigenvalue weighted by Crippen LogP contribution is 2.23. The second-order valence-electron chi connectivity index (χ2n) is 4.29. The molecule has 0 bridgehead atoms. The summed E-state index contributed by atoms with van der Waals surface area (Å²) >= 11 is 1.55. The lowest BCUT2D eigenvalue weighted by Crippen LogP contribution is -2.29. The maximum atomic E-state index is 12.2. The van der Waals surface area contributed by atoms with Gasteiger partial charge in [0.25, 0.3) is 5.91 Å². The first-order valence-corrected chi connectivity index (χ1v) is 7.13. The smallest absolute Gasteiger partial charge is 0.315 e. The first kappa shape index (κ1) is 13.9. The zero-order valence-corrected chi connectivity index (χ0v) is 11.6. The van der Waals surface area contributed by atoms with E-state index in [9.17, 15) is 9.59 Å². The van der Waals surface area contributed by atoms with Crippen molar-refractivity contribution in [3.8, 4) is 0 Å². The zero-order chi connectivity index (χ0) is 13.7. The Kier molecular flexibility index (Phi) is 4.79. The number of esters is 1. The van der Waals surface area contributed by atoms with Gasteiger partial charge in [0.15, 0.2) is 0 Å². The van der Waals surface area contributed by atoms with Gasteiger partial charge in [0.05, 0.1) is 18.4 Å². The van der Waals surface area contributed by atoms with Gasteiger partial charge in [-0.25, -0.2) is 0 Å². The minimum Gasteiger partial charge on any atom is -0.468 e. The molecule has 0 radical (unpaired) electrons. The summed E-state index contributed by atoms with van der Waals surface area (Å²) in [6.07, 6.45) is 4.14. The number of methoxy groups -OCH3 is 1. The molecule has 5 nitrogen and oxygen atoms in total. The van der Waals surface area contributed by atoms with Crippen LogP contribution in [0.15, 0.2) is 24.5 Å². The summed E-state index contributed by atoms with van der Waals surface area (Å²) in [5.41, 5.74) is 0.612. The fraction of sp³-hybridized carbons (Fsp3) is 0.462. The highest BCUT2D eigenvalue weighted by atomic mass is 32.2. The molecule has 19 heavy (non-hydrogen) atoms. The minimum atomic E-state index is -0.220. The molecule has 1 aromatic rings. The van der Waals surface area contributed by atoms with Crippen LogP contribution in [-0.2, 0) is 9.53 Å². The number of rotatable bonds is 4. The van der Waals surface area contributed by atoms with Gasteiger partial charge in [-0.3, -0.25) is 14.6 Å². The monoisotopic (exact) mass is 280 g/mol. The lowest BCUT2D eigenvalue weighted by molar-refractivity contribution is -0.137. The van der Waals surface area contributed by atoms with Gasteiger partial charge in [0.1, 0.15) is 0 Å². The van der Waals surface area contributed by atoms with E-state index in [1.807, 2.05) is 4.90 Å². The van der Waals surface area contributed by atoms with E-state index < -0.39 is 0 Å². The van der Waals surface area contributed by atoms with Crippen molar-refractivity contribution in [1.29, 1.82) is 0 Å². The number of likely N-dealkylation sites (tertiary alicyclic amines) is 1. The molecule has 102 valence electrons. The molecule has 1 amide bonds. The Morgan fingerprint density at radius 1 is 1.58 bits per heavy atom. The van der Waals surface area contributed by atoms with Crippen LogP contribution in [0.3, 0.4) is 0 Å². The largest absolute Gasteiger partial charge is 0.468 e. The third kappa shape index (κ3) is 3.70. The van der Waals surface area contributed by atoms with Gasteiger partial charge < -0.3 is 9.64 Å². The molecule has 2 heterocycles. The van der Waals surface area contributed by atoms with Crippen molar-refractivity contribution in [2.75, 3.05) is 26.0 Å². The van der Waals surface area contributed by atoms with Crippen molar-refractivity contribution in [2.24, 2.45) is 0 Å². The van der Waals surface area contributed by atoms with Crippen molar-refractivity contribution in [1.82, 2.24) is 9.88 Å². The summed E-state index contributed by atoms with van der Waals surface area (Å²) < 4.78 is 4.61. The maximum absolute atomic E-state index is 12.2. The Hall–Kier alpha value is -1.56. The summed E-state index contributed by atoms with van der Waals surface area (Å²) in [6, 6.07) is 3.52. The van der Waals surface area contributed by atoms with Crippen molar-refractivity contribution < 1.29 is 14.3 Å². The van der Waals surface area contributed by atoms with Gasteiger partial charge in [0.2, 0.25) is 0 Å². The van der Waals surface area contributed by atoms with E-state index in [2.05, 4.69) is 9.72 Å². The summed E-state index contributed by atoms with van der Waals surface area (Å²) in [5, 5.41) is 0.305. The molecule has 0 aromatic carbocycles. The Morgan fingerprint density at radius 2 is 2.42 bits per heavy atom. The Morgan fingerprint density at radius 3 is 3.11 bits per heavy atom. The Balaban J connectivity index is 1.85. The van der Waals surface area contributed by atoms with Crippen molar-refractivity contribution in [2.45, 2.75) is 11.7 Å². The molecule has 0 aliphatic carbocycles. The highest BCUT2D eigenvalue weighted by Gasteiger charge is 2.27. The number of hydrogen-bond acceptors (Lipinski definition) is 5. The highest BCUT2D eigenvalue weighted by molar-refractivity contribution is 8.00. The average molecular weight is 280 g/mol. The van der Waals surface area contributed by atoms with Crippen LogP contribution in [0.1, 0.15) is 16.8 Å². The number of amides is 1. The lowest BCUT2D eigenvalue weighted by Gasteiger charge is -2.16. The SMILES string of the molecule is COC(=O)CS[C@@H]1CCN(C(=O)c2cccnc2)C1. The van der Waals surface area contributed by atoms with Crippen LogP contribution < -0.4 is 0 Å². The normalized spacial score (nSPS) is 18.4. The number of pyridine rings is 1. The summed E-state index contributed by atoms with van der Waals surface area (Å²) in [4.78, 5) is 29.0. The fourth-order valence-corrected chi connectivity index (χ4v) is 3.01. The molecule has 1 saturated heterocycles. The number of hydrogen-bond donors (Lipinski definition) is 0. The van der Waals surface area contributed by atoms with Crippen molar-refractivity contribution in [3.63, 3.8) is 0 Å². The first-order valence-electron chi connectivity index (χ1n) is 6.08. The van der Waals surface area contributed by atoms with Gasteiger partial charge >= 0.3 is 5.97 Å². The van der Waals surface area contributed by atoms with Crippen LogP contribution >= 0.6 is 11.8 Å². The van der Waals surface area contributed by atoms with E-state index >= 15 is 0 Å². The Labute approximate surface area is 116 Å². The van der Waals surface area contributed by atoms with Crippen LogP contribution in [0.5, 0.6) is 0 Å². The molecular formula is C13H16N2O3S. The van der Waals surface area contributed by atoms with Crippen LogP contribution in [0, 0.1) is 0 Å². The molecule has 0 unspecified atom stereocenters. The Bertz CT molecular complexity index is 452. The predicted octanol–water partition coefficient (Wildman–Crippen LogP) is 1.20. The van der Waals surface area contributed by atoms with Crippen LogP contribution in [0.2, 0.25) is 0 Å². The van der Waals surface area contributed by atoms with E-state index in [0.29, 0.717) is 23.1 Å². The third-order valence-electron chi connectivity index (χ3n) is 3.01. The minimum absolute atomic E-state index is 0.00858. The first-order chi connectivity index (χ1) is 9.20. The molecule has 1 aliphatic rings. The standard InChI is InChI=1S/C13H16N2O3S/c1-18-12(16)9-19-11-4-6-15(8-11)13(17)10-3-2-5-14-7-10/h2-3,5,7,11H,4,6,8-9H2,1H3/t11-/m1/s1. The van der Waals surface area contributed by atoms with Gasteiger partial charge in [-0.1, -0.05) is 0 Å². The van der Waals surface area contributed by atoms with Gasteiger partial charge in [0, 0.05) is 30.7 Å². The number of aromatic nitrogens is 1. The van der Waals surface area contributed by atoms with Crippen molar-refractivity contribution >= 4 is 23.6 Å². The second-order valence-corrected chi connectivity index (χ2v) is 5.58. The second kappa shape index (κ2) is 6.56. The number of carbonyl (C=O) groups excluding carboxylic acids is 2. The van der Waals surface area contributed by atoms with Gasteiger partial charge in [-0.15, -0.1) is 11.8 Å². The molecule has 0 N–H and O–H groups in total. The maximum Gasteiger partial charge on any atom is 0.315 e. The van der Waals surface area contributed by atoms with Crippen LogP contribution in [0.4, 0.5) is 0 Å². The van der Waals surface area contributed by atoms with E-state index in [0.717, 1.165) is 13.0 Å². The number of nitrogens with zero attached hydrogens (tertiary/aromatic N) is 2. The molecule has 1 aromatic heterocycles. The molecule has 1 atom stereocenters. The predicted molar refractivity (Wildman–Crippen MR) is 73.0 cm³/mol. The van der Waals surface area contributed by atoms with Crippen molar-refractivity contribution in [3.05, 3.63) is 30.1 Å². The lowest BCUT2D eigenvalue weighted by atomic mass is 10.2. The molecule has 1 fully saturated rings. The third-order valence-corrected chi connectivity index (χ3v) is 4.26. The van der Waals surface area contributed by atoms with Crippen LogP contribution in [-0.4, -0.2) is 53.0 Å². The molecular weight excluding hydrogens is 264 g/mol. The topological polar surface area (TPSA) is 59.5 Å². The molecule has 6 heteroatoms. The van der Waals surface area contributed by atoms with E-state index in [1.54, 1.807) is 36.3 Å². The summed E-state index contributed by atoms with van der Waals surface area (Å²) in [7, 11) is 1.38. The van der Waals surface area contributed by atoms with E-state index in [4.69, 9.17) is 0 Å². The van der Waals surface area contributed by atoms with Gasteiger partial charge in [-0.05, 0) is 18.6 Å². The van der Waals surface area contributed by atoms with Gasteiger partial charge in [-0.2, -0.15) is 0 Å². The number of carbonyl (C=O) groups is 2. The molecule has 2 rings (SSSR count). The van der Waals surface area contributed by atoms with E-state index in [1.165, 1.54) is 7.11 Å². The van der Waals surface area contributed by atoms with Crippen LogP contribution in [0.25, 0.3) is 0 Å². The molecule has 0 spiro atoms. The number of ether oxygens (including phenoxy) is 1. The summed E-state index contributed by atoms with van der Waals surface area (Å²) in [5.74, 6) is 0.132. The summed E-state index contributed by atoms with van der Waals surface area (Å²) in [6.45, 7) is 1.40. The molecule has 0 saturated carbocycles. The zero-order valence-electron chi connectivity index (χ0n) is 10.7. The van der Waals surface area contributed by atoms with E-state index in [-0.39, 0.29) is 11.9 Å². The quantitative estimate of drug-likeness (QED) is 0.776. The average Bonchev–Trinajstić information content (AvgIpc) is 2.93. The molecule has 1 aliphatic heterocycles. The number of thioether (sulfide) groups is 1. The fourth-order valence-electron chi connectivity index (χ4n) is 1.97.